The van der Waals surface area contributed by atoms with Gasteiger partial charge in [0.2, 0.25) is 11.8 Å². The Morgan fingerprint density at radius 3 is 2.07 bits per heavy atom. The van der Waals surface area contributed by atoms with E-state index in [1.54, 1.807) is 0 Å². The quantitative estimate of drug-likeness (QED) is 0.553. The van der Waals surface area contributed by atoms with Gasteiger partial charge in [-0.3, -0.25) is 29.4 Å². The molecule has 0 radical (unpaired) electrons. The smallest absolute Gasteiger partial charge is 0.265 e. The lowest BCUT2D eigenvalue weighted by molar-refractivity contribution is -0.136. The number of rotatable bonds is 2. The molecule has 2 saturated heterocycles. The van der Waals surface area contributed by atoms with Gasteiger partial charge in [-0.25, -0.2) is 13.2 Å². The number of benzene rings is 1. The van der Waals surface area contributed by atoms with Crippen LogP contribution in [0.5, 0.6) is 0 Å². The van der Waals surface area contributed by atoms with Crippen LogP contribution in [0.25, 0.3) is 0 Å². The topological polar surface area (TPSA) is 95.6 Å². The number of fused-ring (bicyclic) bond motifs is 3. The van der Waals surface area contributed by atoms with Gasteiger partial charge in [-0.1, -0.05) is 0 Å². The lowest BCUT2D eigenvalue weighted by Gasteiger charge is -2.32. The first-order valence-corrected chi connectivity index (χ1v) is 9.93. The molecule has 0 aromatic heterocycles. The molecule has 1 aromatic carbocycles. The maximum absolute atomic E-state index is 15.0. The fourth-order valence-electron chi connectivity index (χ4n) is 5.51. The van der Waals surface area contributed by atoms with Gasteiger partial charge in [0.05, 0.1) is 11.1 Å². The maximum Gasteiger partial charge on any atom is 0.265 e. The third kappa shape index (κ3) is 2.49. The first-order valence-electron chi connectivity index (χ1n) is 9.93. The van der Waals surface area contributed by atoms with Crippen molar-refractivity contribution in [2.75, 3.05) is 13.1 Å². The summed E-state index contributed by atoms with van der Waals surface area (Å²) < 4.78 is 44.2. The van der Waals surface area contributed by atoms with Crippen molar-refractivity contribution in [2.24, 2.45) is 11.8 Å². The minimum atomic E-state index is -1.78. The summed E-state index contributed by atoms with van der Waals surface area (Å²) in [5.41, 5.74) is -1.56. The highest BCUT2D eigenvalue weighted by atomic mass is 19.2. The van der Waals surface area contributed by atoms with E-state index >= 15 is 4.39 Å². The molecule has 3 aliphatic heterocycles. The zero-order chi connectivity index (χ0) is 21.3. The SMILES string of the molecule is O=C1CCC(N2C(=O)c3c(F)c(F)c(F)c(C4C5CCC4CNC5)c3C2=O)C(=O)N1. The van der Waals surface area contributed by atoms with Crippen LogP contribution in [0, 0.1) is 29.3 Å². The third-order valence-corrected chi connectivity index (χ3v) is 6.82. The molecule has 1 aromatic rings. The number of nitrogens with zero attached hydrogens (tertiary/aromatic N) is 1. The number of piperidine rings is 2. The van der Waals surface area contributed by atoms with Crippen LogP contribution >= 0.6 is 0 Å². The Labute approximate surface area is 169 Å². The largest absolute Gasteiger partial charge is 0.316 e. The lowest BCUT2D eigenvalue weighted by Crippen LogP contribution is -2.54. The van der Waals surface area contributed by atoms with Crippen molar-refractivity contribution in [3.63, 3.8) is 0 Å². The Balaban J connectivity index is 1.66. The molecule has 30 heavy (non-hydrogen) atoms. The van der Waals surface area contributed by atoms with Crippen LogP contribution in [0.4, 0.5) is 13.2 Å². The molecular weight excluding hydrogens is 403 g/mol. The van der Waals surface area contributed by atoms with Crippen LogP contribution < -0.4 is 10.6 Å². The molecule has 4 aliphatic rings. The molecule has 3 fully saturated rings. The van der Waals surface area contributed by atoms with Crippen molar-refractivity contribution in [2.45, 2.75) is 37.6 Å². The number of amides is 4. The highest BCUT2D eigenvalue weighted by Gasteiger charge is 2.52. The molecule has 1 aliphatic carbocycles. The zero-order valence-electron chi connectivity index (χ0n) is 15.8. The molecule has 10 heteroatoms. The van der Waals surface area contributed by atoms with E-state index < -0.39 is 64.2 Å². The predicted octanol–water partition coefficient (Wildman–Crippen LogP) is 1.22. The van der Waals surface area contributed by atoms with E-state index in [1.807, 2.05) is 5.32 Å². The molecule has 7 nitrogen and oxygen atoms in total. The van der Waals surface area contributed by atoms with E-state index in [1.165, 1.54) is 0 Å². The van der Waals surface area contributed by atoms with Crippen LogP contribution in [-0.4, -0.2) is 47.7 Å². The van der Waals surface area contributed by atoms with Crippen LogP contribution in [-0.2, 0) is 9.59 Å². The Bertz CT molecular complexity index is 1010. The van der Waals surface area contributed by atoms with Crippen molar-refractivity contribution in [1.82, 2.24) is 15.5 Å². The van der Waals surface area contributed by atoms with Gasteiger partial charge >= 0.3 is 0 Å². The van der Waals surface area contributed by atoms with E-state index in [0.29, 0.717) is 18.0 Å². The summed E-state index contributed by atoms with van der Waals surface area (Å²) in [4.78, 5) is 50.3. The Hall–Kier alpha value is -2.75. The fourth-order valence-corrected chi connectivity index (χ4v) is 5.51. The van der Waals surface area contributed by atoms with Crippen molar-refractivity contribution in [1.29, 1.82) is 0 Å². The van der Waals surface area contributed by atoms with Gasteiger partial charge in [0.15, 0.2) is 17.5 Å². The summed E-state index contributed by atoms with van der Waals surface area (Å²) in [5, 5.41) is 5.25. The van der Waals surface area contributed by atoms with Gasteiger partial charge in [0, 0.05) is 12.0 Å². The number of carbonyl (C=O) groups excluding carboxylic acids is 4. The molecule has 2 N–H and O–H groups in total. The van der Waals surface area contributed by atoms with Crippen molar-refractivity contribution in [3.8, 4) is 0 Å². The molecule has 3 unspecified atom stereocenters. The van der Waals surface area contributed by atoms with Crippen LogP contribution in [0.3, 0.4) is 0 Å². The van der Waals surface area contributed by atoms with Gasteiger partial charge in [0.1, 0.15) is 6.04 Å². The van der Waals surface area contributed by atoms with E-state index in [0.717, 1.165) is 12.8 Å². The average Bonchev–Trinajstić information content (AvgIpc) is 3.09. The fraction of sp³-hybridized carbons (Fsp3) is 0.500. The molecular formula is C20H18F3N3O4. The van der Waals surface area contributed by atoms with Gasteiger partial charge in [0.25, 0.3) is 11.8 Å². The Kier molecular flexibility index (Phi) is 4.25. The molecule has 3 atom stereocenters. The van der Waals surface area contributed by atoms with Crippen molar-refractivity contribution in [3.05, 3.63) is 34.1 Å². The van der Waals surface area contributed by atoms with Crippen LogP contribution in [0.1, 0.15) is 57.9 Å². The molecule has 5 rings (SSSR count). The first-order chi connectivity index (χ1) is 14.3. The number of carbonyl (C=O) groups is 4. The normalized spacial score (nSPS) is 30.7. The van der Waals surface area contributed by atoms with E-state index in [4.69, 9.17) is 0 Å². The number of hydrogen-bond donors (Lipinski definition) is 2. The second-order valence-electron chi connectivity index (χ2n) is 8.33. The standard InChI is InChI=1S/C20H18F3N3O4/c21-15-12(11-7-1-2-8(11)6-24-5-7)13-14(16(22)17(15)23)20(30)26(19(13)29)9-3-4-10(27)25-18(9)28/h7-9,11,24H,1-6H2,(H,25,27,28). The van der Waals surface area contributed by atoms with Gasteiger partial charge in [-0.15, -0.1) is 0 Å². The highest BCUT2D eigenvalue weighted by molar-refractivity contribution is 6.24. The minimum Gasteiger partial charge on any atom is -0.316 e. The van der Waals surface area contributed by atoms with Crippen molar-refractivity contribution >= 4 is 23.6 Å². The molecule has 3 heterocycles. The van der Waals surface area contributed by atoms with Crippen molar-refractivity contribution < 1.29 is 32.3 Å². The Morgan fingerprint density at radius 2 is 1.43 bits per heavy atom. The second kappa shape index (κ2) is 6.63. The summed E-state index contributed by atoms with van der Waals surface area (Å²) in [7, 11) is 0. The van der Waals surface area contributed by atoms with E-state index in [-0.39, 0.29) is 30.2 Å². The monoisotopic (exact) mass is 421 g/mol. The lowest BCUT2D eigenvalue weighted by atomic mass is 9.77. The number of halogens is 3. The Morgan fingerprint density at radius 1 is 0.800 bits per heavy atom. The first kappa shape index (κ1) is 19.2. The molecule has 4 amide bonds. The molecule has 2 bridgehead atoms. The molecule has 0 spiro atoms. The molecule has 158 valence electrons. The summed E-state index contributed by atoms with van der Waals surface area (Å²) in [6.07, 6.45) is 1.25. The summed E-state index contributed by atoms with van der Waals surface area (Å²) >= 11 is 0. The summed E-state index contributed by atoms with van der Waals surface area (Å²) in [6, 6.07) is -1.33. The third-order valence-electron chi connectivity index (χ3n) is 6.82. The number of nitrogens with one attached hydrogen (secondary N) is 2. The van der Waals surface area contributed by atoms with Gasteiger partial charge in [-0.2, -0.15) is 0 Å². The second-order valence-corrected chi connectivity index (χ2v) is 8.33. The zero-order valence-corrected chi connectivity index (χ0v) is 15.8. The summed E-state index contributed by atoms with van der Waals surface area (Å²) in [5.74, 6) is -9.23. The highest BCUT2D eigenvalue weighted by Crippen LogP contribution is 2.50. The van der Waals surface area contributed by atoms with Crippen LogP contribution in [0.2, 0.25) is 0 Å². The van der Waals surface area contributed by atoms with Crippen LogP contribution in [0.15, 0.2) is 0 Å². The van der Waals surface area contributed by atoms with E-state index in [9.17, 15) is 28.0 Å². The maximum atomic E-state index is 15.0. The average molecular weight is 421 g/mol. The van der Waals surface area contributed by atoms with E-state index in [2.05, 4.69) is 5.32 Å². The minimum absolute atomic E-state index is 0.0697. The van der Waals surface area contributed by atoms with Gasteiger partial charge < -0.3 is 5.32 Å². The van der Waals surface area contributed by atoms with Gasteiger partial charge in [-0.05, 0) is 50.1 Å². The number of hydrogen-bond acceptors (Lipinski definition) is 5. The summed E-state index contributed by atoms with van der Waals surface area (Å²) in [6.45, 7) is 1.10. The predicted molar refractivity (Wildman–Crippen MR) is 94.8 cm³/mol. The number of imide groups is 2. The molecule has 1 saturated carbocycles.